The number of nitrogens with one attached hydrogen (secondary N) is 2. The fraction of sp³-hybridized carbons (Fsp3) is 0.280. The highest BCUT2D eigenvalue weighted by atomic mass is 35.5. The van der Waals surface area contributed by atoms with Gasteiger partial charge in [0.1, 0.15) is 0 Å². The minimum atomic E-state index is 0.512. The molecule has 4 rings (SSSR count). The van der Waals surface area contributed by atoms with E-state index in [4.69, 9.17) is 11.6 Å². The molecule has 3 aromatic carbocycles. The molecule has 0 spiro atoms. The standard InChI is InChI=1S/C16H16ClN.C9H13N/c17-15-7-6-13-11-18-16(10-14(13)9-15)8-12-4-2-1-3-5-12;1-2-10-8-9-6-4-3-5-7-9/h1-7,9,16,18H,8,10-11H2;3-7,10H,2,8H2,1H3. The molecule has 0 bridgehead atoms. The first-order valence-electron chi connectivity index (χ1n) is 10.0. The summed E-state index contributed by atoms with van der Waals surface area (Å²) in [5, 5.41) is 7.71. The molecular formula is C25H29ClN2. The Morgan fingerprint density at radius 2 is 1.57 bits per heavy atom. The van der Waals surface area contributed by atoms with Gasteiger partial charge in [-0.1, -0.05) is 85.3 Å². The van der Waals surface area contributed by atoms with Crippen LogP contribution in [0.5, 0.6) is 0 Å². The van der Waals surface area contributed by atoms with Crippen LogP contribution in [0.3, 0.4) is 0 Å². The lowest BCUT2D eigenvalue weighted by Crippen LogP contribution is -2.37. The zero-order chi connectivity index (χ0) is 19.6. The summed E-state index contributed by atoms with van der Waals surface area (Å²) in [6, 6.07) is 27.8. The zero-order valence-corrected chi connectivity index (χ0v) is 17.3. The van der Waals surface area contributed by atoms with Crippen LogP contribution < -0.4 is 10.6 Å². The van der Waals surface area contributed by atoms with Gasteiger partial charge in [-0.3, -0.25) is 0 Å². The fourth-order valence-corrected chi connectivity index (χ4v) is 3.65. The van der Waals surface area contributed by atoms with Gasteiger partial charge in [0.2, 0.25) is 0 Å². The molecule has 0 amide bonds. The van der Waals surface area contributed by atoms with E-state index in [0.717, 1.165) is 37.5 Å². The van der Waals surface area contributed by atoms with E-state index in [0.29, 0.717) is 6.04 Å². The summed E-state index contributed by atoms with van der Waals surface area (Å²) in [6.45, 7) is 5.08. The lowest BCUT2D eigenvalue weighted by molar-refractivity contribution is 0.477. The Bertz CT molecular complexity index is 834. The molecule has 1 aliphatic rings. The van der Waals surface area contributed by atoms with Gasteiger partial charge in [0, 0.05) is 24.2 Å². The molecule has 1 aliphatic heterocycles. The Hall–Kier alpha value is -2.13. The SMILES string of the molecule is CCNCc1ccccc1.Clc1ccc2c(c1)CC(Cc1ccccc1)NC2. The molecule has 2 N–H and O–H groups in total. The van der Waals surface area contributed by atoms with Crippen molar-refractivity contribution in [3.05, 3.63) is 106 Å². The van der Waals surface area contributed by atoms with Crippen LogP contribution >= 0.6 is 11.6 Å². The second-order valence-electron chi connectivity index (χ2n) is 7.15. The third-order valence-electron chi connectivity index (χ3n) is 4.96. The van der Waals surface area contributed by atoms with Crippen molar-refractivity contribution in [2.24, 2.45) is 0 Å². The van der Waals surface area contributed by atoms with E-state index in [2.05, 4.69) is 84.3 Å². The van der Waals surface area contributed by atoms with Crippen molar-refractivity contribution in [1.29, 1.82) is 0 Å². The molecule has 1 heterocycles. The molecule has 0 aromatic heterocycles. The molecule has 1 unspecified atom stereocenters. The average Bonchev–Trinajstić information content (AvgIpc) is 2.74. The summed E-state index contributed by atoms with van der Waals surface area (Å²) < 4.78 is 0. The summed E-state index contributed by atoms with van der Waals surface area (Å²) in [4.78, 5) is 0. The Kier molecular flexibility index (Phi) is 8.10. The predicted molar refractivity (Wildman–Crippen MR) is 120 cm³/mol. The molecule has 0 radical (unpaired) electrons. The molecule has 1 atom stereocenters. The zero-order valence-electron chi connectivity index (χ0n) is 16.5. The Morgan fingerprint density at radius 1 is 0.893 bits per heavy atom. The molecule has 146 valence electrons. The van der Waals surface area contributed by atoms with Gasteiger partial charge in [-0.2, -0.15) is 0 Å². The third kappa shape index (κ3) is 6.49. The van der Waals surface area contributed by atoms with E-state index in [1.54, 1.807) is 0 Å². The second kappa shape index (κ2) is 11.0. The van der Waals surface area contributed by atoms with Gasteiger partial charge >= 0.3 is 0 Å². The van der Waals surface area contributed by atoms with Crippen molar-refractivity contribution < 1.29 is 0 Å². The minimum Gasteiger partial charge on any atom is -0.313 e. The molecular weight excluding hydrogens is 364 g/mol. The van der Waals surface area contributed by atoms with E-state index in [1.807, 2.05) is 12.1 Å². The normalized spacial score (nSPS) is 15.3. The number of halogens is 1. The van der Waals surface area contributed by atoms with Crippen molar-refractivity contribution in [2.75, 3.05) is 6.54 Å². The maximum Gasteiger partial charge on any atom is 0.0408 e. The molecule has 3 aromatic rings. The number of fused-ring (bicyclic) bond motifs is 1. The lowest BCUT2D eigenvalue weighted by Gasteiger charge is -2.26. The van der Waals surface area contributed by atoms with Gasteiger partial charge in [-0.15, -0.1) is 0 Å². The first-order valence-corrected chi connectivity index (χ1v) is 10.4. The van der Waals surface area contributed by atoms with Crippen LogP contribution in [-0.4, -0.2) is 12.6 Å². The van der Waals surface area contributed by atoms with Crippen molar-refractivity contribution in [3.63, 3.8) is 0 Å². The fourth-order valence-electron chi connectivity index (χ4n) is 3.46. The highest BCUT2D eigenvalue weighted by Gasteiger charge is 2.18. The van der Waals surface area contributed by atoms with Crippen LogP contribution in [0.4, 0.5) is 0 Å². The van der Waals surface area contributed by atoms with Crippen LogP contribution in [-0.2, 0) is 25.9 Å². The number of hydrogen-bond acceptors (Lipinski definition) is 2. The molecule has 0 saturated carbocycles. The number of rotatable bonds is 5. The molecule has 0 saturated heterocycles. The Morgan fingerprint density at radius 3 is 2.25 bits per heavy atom. The van der Waals surface area contributed by atoms with Crippen molar-refractivity contribution in [2.45, 2.75) is 38.9 Å². The smallest absolute Gasteiger partial charge is 0.0408 e. The van der Waals surface area contributed by atoms with Crippen molar-refractivity contribution in [3.8, 4) is 0 Å². The maximum atomic E-state index is 6.06. The second-order valence-corrected chi connectivity index (χ2v) is 7.59. The third-order valence-corrected chi connectivity index (χ3v) is 5.20. The molecule has 3 heteroatoms. The number of benzene rings is 3. The van der Waals surface area contributed by atoms with E-state index in [-0.39, 0.29) is 0 Å². The van der Waals surface area contributed by atoms with Gasteiger partial charge < -0.3 is 10.6 Å². The topological polar surface area (TPSA) is 24.1 Å². The van der Waals surface area contributed by atoms with Crippen LogP contribution in [0.2, 0.25) is 5.02 Å². The van der Waals surface area contributed by atoms with Crippen LogP contribution in [0, 0.1) is 0 Å². The predicted octanol–water partition coefficient (Wildman–Crippen LogP) is 5.39. The van der Waals surface area contributed by atoms with Gasteiger partial charge in [0.15, 0.2) is 0 Å². The monoisotopic (exact) mass is 392 g/mol. The van der Waals surface area contributed by atoms with Crippen LogP contribution in [0.25, 0.3) is 0 Å². The summed E-state index contributed by atoms with van der Waals surface area (Å²) in [6.07, 6.45) is 2.14. The summed E-state index contributed by atoms with van der Waals surface area (Å²) in [5.41, 5.74) is 5.51. The Labute approximate surface area is 174 Å². The van der Waals surface area contributed by atoms with Gasteiger partial charge in [-0.25, -0.2) is 0 Å². The largest absolute Gasteiger partial charge is 0.313 e. The summed E-state index contributed by atoms with van der Waals surface area (Å²) >= 11 is 6.06. The van der Waals surface area contributed by atoms with Crippen LogP contribution in [0.15, 0.2) is 78.9 Å². The van der Waals surface area contributed by atoms with E-state index in [9.17, 15) is 0 Å². The number of hydrogen-bond donors (Lipinski definition) is 2. The first kappa shape index (κ1) is 20.6. The highest BCUT2D eigenvalue weighted by Crippen LogP contribution is 2.22. The van der Waals surface area contributed by atoms with E-state index >= 15 is 0 Å². The van der Waals surface area contributed by atoms with E-state index in [1.165, 1.54) is 22.3 Å². The first-order chi connectivity index (χ1) is 13.7. The van der Waals surface area contributed by atoms with Gasteiger partial charge in [0.25, 0.3) is 0 Å². The molecule has 28 heavy (non-hydrogen) atoms. The van der Waals surface area contributed by atoms with Crippen LogP contribution in [0.1, 0.15) is 29.2 Å². The quantitative estimate of drug-likeness (QED) is 0.608. The van der Waals surface area contributed by atoms with Gasteiger partial charge in [-0.05, 0) is 53.8 Å². The highest BCUT2D eigenvalue weighted by molar-refractivity contribution is 6.30. The molecule has 2 nitrogen and oxygen atoms in total. The minimum absolute atomic E-state index is 0.512. The van der Waals surface area contributed by atoms with E-state index < -0.39 is 0 Å². The molecule has 0 aliphatic carbocycles. The Balaban J connectivity index is 0.000000192. The van der Waals surface area contributed by atoms with Crippen molar-refractivity contribution >= 4 is 11.6 Å². The average molecular weight is 393 g/mol. The van der Waals surface area contributed by atoms with Crippen molar-refractivity contribution in [1.82, 2.24) is 10.6 Å². The lowest BCUT2D eigenvalue weighted by atomic mass is 9.92. The molecule has 0 fully saturated rings. The van der Waals surface area contributed by atoms with Gasteiger partial charge in [0.05, 0.1) is 0 Å². The maximum absolute atomic E-state index is 6.06. The summed E-state index contributed by atoms with van der Waals surface area (Å²) in [7, 11) is 0. The summed E-state index contributed by atoms with van der Waals surface area (Å²) in [5.74, 6) is 0.